The van der Waals surface area contributed by atoms with Gasteiger partial charge in [0.05, 0.1) is 6.04 Å². The van der Waals surface area contributed by atoms with E-state index in [0.29, 0.717) is 12.0 Å². The predicted molar refractivity (Wildman–Crippen MR) is 88.9 cm³/mol. The van der Waals surface area contributed by atoms with Gasteiger partial charge in [-0.1, -0.05) is 42.8 Å². The summed E-state index contributed by atoms with van der Waals surface area (Å²) in [5, 5.41) is 4.33. The Hall–Kier alpha value is -1.61. The molecule has 1 aliphatic rings. The second-order valence-corrected chi connectivity index (χ2v) is 6.87. The van der Waals surface area contributed by atoms with Gasteiger partial charge in [-0.15, -0.1) is 0 Å². The molecule has 3 heteroatoms. The molecule has 1 unspecified atom stereocenters. The zero-order valence-corrected chi connectivity index (χ0v) is 14.1. The van der Waals surface area contributed by atoms with Crippen LogP contribution in [0.25, 0.3) is 0 Å². The molecule has 0 amide bonds. The molecule has 0 aliphatic carbocycles. The number of rotatable bonds is 4. The third-order valence-corrected chi connectivity index (χ3v) is 4.69. The van der Waals surface area contributed by atoms with E-state index in [1.54, 1.807) is 0 Å². The molecular weight excluding hydrogens is 272 g/mol. The van der Waals surface area contributed by atoms with Crippen LogP contribution in [0.4, 0.5) is 0 Å². The molecule has 1 saturated heterocycles. The number of likely N-dealkylation sites (tertiary alicyclic amines) is 1. The van der Waals surface area contributed by atoms with E-state index in [1.165, 1.54) is 29.5 Å². The van der Waals surface area contributed by atoms with Gasteiger partial charge in [0.15, 0.2) is 0 Å². The van der Waals surface area contributed by atoms with E-state index in [-0.39, 0.29) is 0 Å². The molecule has 1 aromatic carbocycles. The summed E-state index contributed by atoms with van der Waals surface area (Å²) in [4.78, 5) is 2.54. The highest BCUT2D eigenvalue weighted by atomic mass is 16.5. The minimum Gasteiger partial charge on any atom is -0.361 e. The first-order chi connectivity index (χ1) is 10.5. The van der Waals surface area contributed by atoms with Crippen molar-refractivity contribution >= 4 is 0 Å². The van der Waals surface area contributed by atoms with Gasteiger partial charge in [-0.2, -0.15) is 0 Å². The Balaban J connectivity index is 1.77. The van der Waals surface area contributed by atoms with Crippen LogP contribution in [0.15, 0.2) is 28.8 Å². The van der Waals surface area contributed by atoms with Crippen molar-refractivity contribution in [2.45, 2.75) is 59.0 Å². The van der Waals surface area contributed by atoms with Crippen molar-refractivity contribution in [1.29, 1.82) is 0 Å². The van der Waals surface area contributed by atoms with Crippen LogP contribution in [0, 0.1) is 13.8 Å². The van der Waals surface area contributed by atoms with Gasteiger partial charge in [-0.25, -0.2) is 0 Å². The lowest BCUT2D eigenvalue weighted by atomic mass is 10.0. The SMILES string of the molecule is Cc1ccc(CN2CCCC2c2cc(C(C)C)on2)c(C)c1. The standard InChI is InChI=1S/C19H26N2O/c1-13(2)19-11-17(20-22-19)18-6-5-9-21(18)12-16-8-7-14(3)10-15(16)4/h7-8,10-11,13,18H,5-6,9,12H2,1-4H3. The van der Waals surface area contributed by atoms with E-state index in [0.717, 1.165) is 24.5 Å². The summed E-state index contributed by atoms with van der Waals surface area (Å²) in [6.07, 6.45) is 2.41. The fraction of sp³-hybridized carbons (Fsp3) is 0.526. The van der Waals surface area contributed by atoms with Crippen molar-refractivity contribution in [3.8, 4) is 0 Å². The summed E-state index contributed by atoms with van der Waals surface area (Å²) >= 11 is 0. The number of aryl methyl sites for hydroxylation is 2. The van der Waals surface area contributed by atoms with Gasteiger partial charge in [0, 0.05) is 18.5 Å². The highest BCUT2D eigenvalue weighted by Gasteiger charge is 2.29. The first kappa shape index (κ1) is 15.3. The molecule has 22 heavy (non-hydrogen) atoms. The average molecular weight is 298 g/mol. The van der Waals surface area contributed by atoms with Crippen molar-refractivity contribution < 1.29 is 4.52 Å². The highest BCUT2D eigenvalue weighted by Crippen LogP contribution is 2.34. The van der Waals surface area contributed by atoms with E-state index in [2.05, 4.69) is 62.0 Å². The van der Waals surface area contributed by atoms with E-state index in [4.69, 9.17) is 4.52 Å². The Labute approximate surface area is 133 Å². The molecule has 1 aliphatic heterocycles. The van der Waals surface area contributed by atoms with E-state index < -0.39 is 0 Å². The Morgan fingerprint density at radius 2 is 2.09 bits per heavy atom. The van der Waals surface area contributed by atoms with Crippen LogP contribution >= 0.6 is 0 Å². The maximum absolute atomic E-state index is 5.50. The third kappa shape index (κ3) is 3.09. The lowest BCUT2D eigenvalue weighted by molar-refractivity contribution is 0.235. The number of benzene rings is 1. The monoisotopic (exact) mass is 298 g/mol. The van der Waals surface area contributed by atoms with Crippen LogP contribution in [0.5, 0.6) is 0 Å². The fourth-order valence-electron chi connectivity index (χ4n) is 3.33. The molecule has 0 spiro atoms. The van der Waals surface area contributed by atoms with Crippen LogP contribution in [0.2, 0.25) is 0 Å². The minimum atomic E-state index is 0.399. The molecule has 1 atom stereocenters. The molecule has 3 rings (SSSR count). The van der Waals surface area contributed by atoms with Crippen molar-refractivity contribution in [1.82, 2.24) is 10.1 Å². The molecule has 2 heterocycles. The average Bonchev–Trinajstić information content (AvgIpc) is 3.10. The van der Waals surface area contributed by atoms with Crippen LogP contribution in [-0.2, 0) is 6.54 Å². The summed E-state index contributed by atoms with van der Waals surface area (Å²) in [6.45, 7) is 10.8. The zero-order chi connectivity index (χ0) is 15.7. The molecule has 1 fully saturated rings. The normalized spacial score (nSPS) is 19.2. The Morgan fingerprint density at radius 1 is 1.27 bits per heavy atom. The molecule has 118 valence electrons. The zero-order valence-electron chi connectivity index (χ0n) is 14.1. The molecule has 3 nitrogen and oxygen atoms in total. The highest BCUT2D eigenvalue weighted by molar-refractivity contribution is 5.30. The van der Waals surface area contributed by atoms with Gasteiger partial charge in [-0.3, -0.25) is 4.90 Å². The van der Waals surface area contributed by atoms with E-state index in [1.807, 2.05) is 0 Å². The molecule has 1 aromatic heterocycles. The first-order valence-electron chi connectivity index (χ1n) is 8.31. The fourth-order valence-corrected chi connectivity index (χ4v) is 3.33. The summed E-state index contributed by atoms with van der Waals surface area (Å²) in [7, 11) is 0. The van der Waals surface area contributed by atoms with E-state index in [9.17, 15) is 0 Å². The molecule has 0 bridgehead atoms. The molecule has 0 saturated carbocycles. The molecule has 2 aromatic rings. The van der Waals surface area contributed by atoms with Gasteiger partial charge in [0.1, 0.15) is 11.5 Å². The van der Waals surface area contributed by atoms with Crippen LogP contribution in [0.3, 0.4) is 0 Å². The second-order valence-electron chi connectivity index (χ2n) is 6.87. The Bertz CT molecular complexity index is 645. The quantitative estimate of drug-likeness (QED) is 0.815. The Kier molecular flexibility index (Phi) is 4.34. The van der Waals surface area contributed by atoms with E-state index >= 15 is 0 Å². The molecule has 0 N–H and O–H groups in total. The third-order valence-electron chi connectivity index (χ3n) is 4.69. The molecular formula is C19H26N2O. The second kappa shape index (κ2) is 6.25. The number of hydrogen-bond acceptors (Lipinski definition) is 3. The predicted octanol–water partition coefficient (Wildman–Crippen LogP) is 4.75. The van der Waals surface area contributed by atoms with Gasteiger partial charge in [-0.05, 0) is 44.4 Å². The van der Waals surface area contributed by atoms with Crippen molar-refractivity contribution in [2.24, 2.45) is 0 Å². The van der Waals surface area contributed by atoms with Gasteiger partial charge in [0.2, 0.25) is 0 Å². The largest absolute Gasteiger partial charge is 0.361 e. The van der Waals surface area contributed by atoms with Crippen molar-refractivity contribution in [3.63, 3.8) is 0 Å². The van der Waals surface area contributed by atoms with Crippen molar-refractivity contribution in [2.75, 3.05) is 6.54 Å². The Morgan fingerprint density at radius 3 is 2.77 bits per heavy atom. The maximum atomic E-state index is 5.50. The maximum Gasteiger partial charge on any atom is 0.139 e. The molecule has 0 radical (unpaired) electrons. The lowest BCUT2D eigenvalue weighted by Crippen LogP contribution is -2.23. The van der Waals surface area contributed by atoms with Crippen molar-refractivity contribution in [3.05, 3.63) is 52.4 Å². The van der Waals surface area contributed by atoms with Gasteiger partial charge >= 0.3 is 0 Å². The topological polar surface area (TPSA) is 29.3 Å². The summed E-state index contributed by atoms with van der Waals surface area (Å²) < 4.78 is 5.50. The number of hydrogen-bond donors (Lipinski definition) is 0. The minimum absolute atomic E-state index is 0.399. The lowest BCUT2D eigenvalue weighted by Gasteiger charge is -2.23. The first-order valence-corrected chi connectivity index (χ1v) is 8.31. The number of aromatic nitrogens is 1. The van der Waals surface area contributed by atoms with Crippen LogP contribution in [-0.4, -0.2) is 16.6 Å². The van der Waals surface area contributed by atoms with Crippen LogP contribution in [0.1, 0.15) is 66.8 Å². The van der Waals surface area contributed by atoms with Gasteiger partial charge < -0.3 is 4.52 Å². The summed E-state index contributed by atoms with van der Waals surface area (Å²) in [6, 6.07) is 9.29. The summed E-state index contributed by atoms with van der Waals surface area (Å²) in [5.74, 6) is 1.39. The summed E-state index contributed by atoms with van der Waals surface area (Å²) in [5.41, 5.74) is 5.24. The van der Waals surface area contributed by atoms with Crippen LogP contribution < -0.4 is 0 Å². The van der Waals surface area contributed by atoms with Gasteiger partial charge in [0.25, 0.3) is 0 Å². The smallest absolute Gasteiger partial charge is 0.139 e. The number of nitrogens with zero attached hydrogens (tertiary/aromatic N) is 2.